The highest BCUT2D eigenvalue weighted by Crippen LogP contribution is 2.35. The van der Waals surface area contributed by atoms with Crippen LogP contribution < -0.4 is 15.5 Å². The molecule has 3 aliphatic heterocycles. The molecule has 2 atom stereocenters. The number of aromatic nitrogens is 2. The zero-order valence-corrected chi connectivity index (χ0v) is 22.2. The molecule has 4 heterocycles. The molecule has 3 saturated heterocycles. The summed E-state index contributed by atoms with van der Waals surface area (Å²) in [5.41, 5.74) is 1.77. The number of nitrogens with zero attached hydrogens (tertiary/aromatic N) is 5. The molecule has 11 heteroatoms. The highest BCUT2D eigenvalue weighted by molar-refractivity contribution is 5.87. The minimum Gasteiger partial charge on any atom is -0.369 e. The Morgan fingerprint density at radius 1 is 1.18 bits per heavy atom. The van der Waals surface area contributed by atoms with Gasteiger partial charge in [0.15, 0.2) is 0 Å². The van der Waals surface area contributed by atoms with E-state index in [0.717, 1.165) is 50.0 Å². The molecule has 38 heavy (non-hydrogen) atoms. The van der Waals surface area contributed by atoms with Crippen LogP contribution in [0.1, 0.15) is 44.7 Å². The van der Waals surface area contributed by atoms with Crippen molar-refractivity contribution in [2.45, 2.75) is 52.3 Å². The van der Waals surface area contributed by atoms with Gasteiger partial charge in [0.25, 0.3) is 0 Å². The fourth-order valence-electron chi connectivity index (χ4n) is 5.73. The summed E-state index contributed by atoms with van der Waals surface area (Å²) in [5, 5.41) is 5.96. The molecule has 2 aromatic rings. The number of anilines is 4. The van der Waals surface area contributed by atoms with Crippen LogP contribution in [0.2, 0.25) is 0 Å². The Kier molecular flexibility index (Phi) is 7.15. The van der Waals surface area contributed by atoms with Gasteiger partial charge in [-0.15, -0.1) is 0 Å². The van der Waals surface area contributed by atoms with E-state index in [4.69, 9.17) is 0 Å². The number of benzene rings is 1. The number of hydrogen-bond donors (Lipinski definition) is 2. The van der Waals surface area contributed by atoms with Crippen LogP contribution in [0.4, 0.5) is 36.3 Å². The van der Waals surface area contributed by atoms with Crippen LogP contribution in [0, 0.1) is 5.41 Å². The smallest absolute Gasteiger partial charge is 0.369 e. The minimum absolute atomic E-state index is 0.0743. The second-order valence-electron chi connectivity index (χ2n) is 11.1. The number of halogens is 3. The summed E-state index contributed by atoms with van der Waals surface area (Å²) >= 11 is 0. The topological polar surface area (TPSA) is 76.6 Å². The second kappa shape index (κ2) is 10.2. The van der Waals surface area contributed by atoms with Gasteiger partial charge in [-0.05, 0) is 56.9 Å². The quantitative estimate of drug-likeness (QED) is 0.368. The number of carbonyl (C=O) groups excluding carboxylic acids is 1. The summed E-state index contributed by atoms with van der Waals surface area (Å²) in [5.74, 6) is -0.0867. The first-order valence-electron chi connectivity index (χ1n) is 13.4. The van der Waals surface area contributed by atoms with Crippen LogP contribution in [0.5, 0.6) is 0 Å². The third-order valence-corrected chi connectivity index (χ3v) is 7.84. The zero-order chi connectivity index (χ0) is 27.1. The lowest BCUT2D eigenvalue weighted by atomic mass is 9.83. The maximum absolute atomic E-state index is 13.6. The van der Waals surface area contributed by atoms with E-state index in [0.29, 0.717) is 25.6 Å². The Morgan fingerprint density at radius 2 is 2.00 bits per heavy atom. The van der Waals surface area contributed by atoms with E-state index in [9.17, 15) is 18.0 Å². The molecule has 0 spiro atoms. The first-order chi connectivity index (χ1) is 18.0. The van der Waals surface area contributed by atoms with Gasteiger partial charge in [0.1, 0.15) is 11.4 Å². The van der Waals surface area contributed by atoms with Crippen molar-refractivity contribution in [1.82, 2.24) is 19.8 Å². The standard InChI is InChI=1S/C27H36F3N7O/c1-4-18-14-19(37-13-12-35-11-8-20(37)16-35)6-7-22(18)33-25-32-15-21(27(28,29)30)23(34-25)31-9-5-10-36-17-26(2,3)24(36)38/h6-7,14-15,20H,4-5,8-13,16-17H2,1-3H3,(H2,31,32,33,34). The molecule has 1 amide bonds. The number of alkyl halides is 3. The van der Waals surface area contributed by atoms with Gasteiger partial charge in [0.05, 0.1) is 5.41 Å². The average molecular weight is 532 g/mol. The van der Waals surface area contributed by atoms with Crippen LogP contribution >= 0.6 is 0 Å². The van der Waals surface area contributed by atoms with Crippen molar-refractivity contribution in [3.63, 3.8) is 0 Å². The minimum atomic E-state index is -4.58. The summed E-state index contributed by atoms with van der Waals surface area (Å²) in [4.78, 5) is 26.9. The monoisotopic (exact) mass is 531 g/mol. The van der Waals surface area contributed by atoms with Crippen molar-refractivity contribution >= 4 is 29.0 Å². The van der Waals surface area contributed by atoms with Crippen molar-refractivity contribution in [3.8, 4) is 0 Å². The molecule has 0 aliphatic carbocycles. The largest absolute Gasteiger partial charge is 0.421 e. The van der Waals surface area contributed by atoms with E-state index in [1.165, 1.54) is 12.1 Å². The fourth-order valence-corrected chi connectivity index (χ4v) is 5.73. The third-order valence-electron chi connectivity index (χ3n) is 7.84. The Bertz CT molecular complexity index is 1190. The van der Waals surface area contributed by atoms with Crippen molar-refractivity contribution < 1.29 is 18.0 Å². The Morgan fingerprint density at radius 3 is 2.71 bits per heavy atom. The SMILES string of the molecule is CCc1cc(N2CCN3CCC2C3)ccc1Nc1ncc(C(F)(F)F)c(NCCCN2CC(C)(C)C2=O)n1. The zero-order valence-electron chi connectivity index (χ0n) is 22.2. The molecule has 0 radical (unpaired) electrons. The van der Waals surface area contributed by atoms with Gasteiger partial charge in [-0.3, -0.25) is 9.69 Å². The number of amides is 1. The van der Waals surface area contributed by atoms with Crippen molar-refractivity contribution in [3.05, 3.63) is 35.5 Å². The van der Waals surface area contributed by atoms with Gasteiger partial charge < -0.3 is 20.4 Å². The van der Waals surface area contributed by atoms with E-state index in [-0.39, 0.29) is 29.6 Å². The molecule has 5 rings (SSSR count). The van der Waals surface area contributed by atoms with E-state index in [1.54, 1.807) is 4.90 Å². The van der Waals surface area contributed by atoms with Crippen LogP contribution in [0.25, 0.3) is 0 Å². The normalized spacial score (nSPS) is 22.4. The average Bonchev–Trinajstić information content (AvgIpc) is 3.25. The number of hydrogen-bond acceptors (Lipinski definition) is 7. The number of fused-ring (bicyclic) bond motifs is 2. The molecule has 3 fully saturated rings. The number of carbonyl (C=O) groups is 1. The van der Waals surface area contributed by atoms with Gasteiger partial charge >= 0.3 is 6.18 Å². The Balaban J connectivity index is 1.27. The molecule has 1 aromatic heterocycles. The van der Waals surface area contributed by atoms with Gasteiger partial charge in [-0.2, -0.15) is 18.2 Å². The summed E-state index contributed by atoms with van der Waals surface area (Å²) in [6.07, 6.45) is -1.32. The molecule has 2 N–H and O–H groups in total. The molecule has 206 valence electrons. The van der Waals surface area contributed by atoms with Crippen LogP contribution in [-0.4, -0.2) is 77.5 Å². The van der Waals surface area contributed by atoms with Crippen molar-refractivity contribution in [2.75, 3.05) is 61.3 Å². The second-order valence-corrected chi connectivity index (χ2v) is 11.1. The predicted octanol–water partition coefficient (Wildman–Crippen LogP) is 4.37. The van der Waals surface area contributed by atoms with Crippen molar-refractivity contribution in [1.29, 1.82) is 0 Å². The number of nitrogens with one attached hydrogen (secondary N) is 2. The third kappa shape index (κ3) is 5.39. The van der Waals surface area contributed by atoms with Crippen molar-refractivity contribution in [2.24, 2.45) is 5.41 Å². The van der Waals surface area contributed by atoms with Crippen LogP contribution in [0.15, 0.2) is 24.4 Å². The Labute approximate surface area is 221 Å². The van der Waals surface area contributed by atoms with E-state index >= 15 is 0 Å². The maximum atomic E-state index is 13.6. The first-order valence-corrected chi connectivity index (χ1v) is 13.4. The van der Waals surface area contributed by atoms with E-state index in [2.05, 4.69) is 49.5 Å². The molecular weight excluding hydrogens is 495 g/mol. The molecule has 8 nitrogen and oxygen atoms in total. The molecule has 3 aliphatic rings. The molecule has 2 unspecified atom stereocenters. The highest BCUT2D eigenvalue weighted by atomic mass is 19.4. The number of likely N-dealkylation sites (tertiary alicyclic amines) is 1. The highest BCUT2D eigenvalue weighted by Gasteiger charge is 2.43. The summed E-state index contributed by atoms with van der Waals surface area (Å²) < 4.78 is 40.9. The summed E-state index contributed by atoms with van der Waals surface area (Å²) in [6, 6.07) is 6.73. The Hall–Kier alpha value is -3.08. The predicted molar refractivity (Wildman–Crippen MR) is 142 cm³/mol. The molecule has 2 bridgehead atoms. The lowest BCUT2D eigenvalue weighted by Crippen LogP contribution is -2.58. The molecule has 0 saturated carbocycles. The number of β-lactam (4-membered cyclic amide) rings is 1. The number of aryl methyl sites for hydroxylation is 1. The fraction of sp³-hybridized carbons (Fsp3) is 0.593. The first kappa shape index (κ1) is 26.5. The molecular formula is C27H36F3N7O. The summed E-state index contributed by atoms with van der Waals surface area (Å²) in [6.45, 7) is 11.6. The van der Waals surface area contributed by atoms with Gasteiger partial charge in [-0.1, -0.05) is 6.92 Å². The van der Waals surface area contributed by atoms with Gasteiger partial charge in [0, 0.05) is 69.4 Å². The van der Waals surface area contributed by atoms with Gasteiger partial charge in [0.2, 0.25) is 11.9 Å². The summed E-state index contributed by atoms with van der Waals surface area (Å²) in [7, 11) is 0. The number of rotatable bonds is 9. The molecule has 1 aromatic carbocycles. The van der Waals surface area contributed by atoms with Crippen LogP contribution in [0.3, 0.4) is 0 Å². The maximum Gasteiger partial charge on any atom is 0.421 e. The van der Waals surface area contributed by atoms with Gasteiger partial charge in [-0.25, -0.2) is 4.98 Å². The van der Waals surface area contributed by atoms with E-state index < -0.39 is 11.7 Å². The number of piperazine rings is 1. The lowest BCUT2D eigenvalue weighted by molar-refractivity contribution is -0.156. The van der Waals surface area contributed by atoms with Crippen LogP contribution in [-0.2, 0) is 17.4 Å². The lowest BCUT2D eigenvalue weighted by Gasteiger charge is -2.44. The van der Waals surface area contributed by atoms with E-state index in [1.807, 2.05) is 19.9 Å².